The summed E-state index contributed by atoms with van der Waals surface area (Å²) < 4.78 is 5.03. The van der Waals surface area contributed by atoms with Crippen molar-refractivity contribution in [1.29, 1.82) is 0 Å². The molecule has 2 aromatic rings. The van der Waals surface area contributed by atoms with Crippen LogP contribution in [-0.4, -0.2) is 28.8 Å². The SMILES string of the molecule is CC(=O)Nc1ccc(NC(=O)C(C)OC(=O)c2ccccc2[N+](=O)[O-])cc1. The summed E-state index contributed by atoms with van der Waals surface area (Å²) in [4.78, 5) is 45.6. The van der Waals surface area contributed by atoms with Crippen molar-refractivity contribution in [2.24, 2.45) is 0 Å². The van der Waals surface area contributed by atoms with Gasteiger partial charge in [-0.05, 0) is 37.3 Å². The summed E-state index contributed by atoms with van der Waals surface area (Å²) in [5, 5.41) is 16.1. The van der Waals surface area contributed by atoms with E-state index >= 15 is 0 Å². The molecule has 2 aromatic carbocycles. The second-order valence-electron chi connectivity index (χ2n) is 5.57. The van der Waals surface area contributed by atoms with Gasteiger partial charge in [-0.25, -0.2) is 4.79 Å². The fourth-order valence-corrected chi connectivity index (χ4v) is 2.17. The van der Waals surface area contributed by atoms with Gasteiger partial charge in [-0.15, -0.1) is 0 Å². The monoisotopic (exact) mass is 371 g/mol. The highest BCUT2D eigenvalue weighted by molar-refractivity contribution is 5.99. The lowest BCUT2D eigenvalue weighted by Gasteiger charge is -2.14. The molecule has 0 saturated carbocycles. The fourth-order valence-electron chi connectivity index (χ4n) is 2.17. The minimum Gasteiger partial charge on any atom is -0.449 e. The Bertz CT molecular complexity index is 879. The topological polar surface area (TPSA) is 128 Å². The van der Waals surface area contributed by atoms with Gasteiger partial charge in [0.1, 0.15) is 5.56 Å². The highest BCUT2D eigenvalue weighted by Crippen LogP contribution is 2.19. The number of ether oxygens (including phenoxy) is 1. The van der Waals surface area contributed by atoms with E-state index in [2.05, 4.69) is 10.6 Å². The standard InChI is InChI=1S/C18H17N3O6/c1-11(27-18(24)15-5-3-4-6-16(15)21(25)26)17(23)20-14-9-7-13(8-10-14)19-12(2)22/h3-11H,1-2H3,(H,19,22)(H,20,23). The Morgan fingerprint density at radius 2 is 1.56 bits per heavy atom. The second kappa shape index (κ2) is 8.56. The molecule has 1 unspecified atom stereocenters. The molecule has 27 heavy (non-hydrogen) atoms. The van der Waals surface area contributed by atoms with Crippen LogP contribution in [0.5, 0.6) is 0 Å². The molecule has 0 saturated heterocycles. The van der Waals surface area contributed by atoms with E-state index in [-0.39, 0.29) is 11.5 Å². The van der Waals surface area contributed by atoms with Crippen LogP contribution < -0.4 is 10.6 Å². The van der Waals surface area contributed by atoms with Crippen LogP contribution in [0, 0.1) is 10.1 Å². The predicted octanol–water partition coefficient (Wildman–Crippen LogP) is 2.74. The number of nitrogens with one attached hydrogen (secondary N) is 2. The largest absolute Gasteiger partial charge is 0.449 e. The van der Waals surface area contributed by atoms with Gasteiger partial charge in [-0.2, -0.15) is 0 Å². The summed E-state index contributed by atoms with van der Waals surface area (Å²) in [6.45, 7) is 2.73. The van der Waals surface area contributed by atoms with Gasteiger partial charge < -0.3 is 15.4 Å². The first kappa shape index (κ1) is 19.6. The van der Waals surface area contributed by atoms with Crippen LogP contribution >= 0.6 is 0 Å². The Labute approximate surface area is 154 Å². The number of hydrogen-bond acceptors (Lipinski definition) is 6. The van der Waals surface area contributed by atoms with Gasteiger partial charge in [0, 0.05) is 24.4 Å². The van der Waals surface area contributed by atoms with Crippen LogP contribution in [-0.2, 0) is 14.3 Å². The van der Waals surface area contributed by atoms with E-state index in [0.717, 1.165) is 0 Å². The van der Waals surface area contributed by atoms with Crippen molar-refractivity contribution in [2.75, 3.05) is 10.6 Å². The molecular weight excluding hydrogens is 354 g/mol. The Morgan fingerprint density at radius 1 is 1.00 bits per heavy atom. The Morgan fingerprint density at radius 3 is 2.11 bits per heavy atom. The van der Waals surface area contributed by atoms with Crippen molar-refractivity contribution < 1.29 is 24.0 Å². The highest BCUT2D eigenvalue weighted by Gasteiger charge is 2.24. The van der Waals surface area contributed by atoms with Crippen LogP contribution in [0.25, 0.3) is 0 Å². The number of rotatable bonds is 6. The van der Waals surface area contributed by atoms with Crippen molar-refractivity contribution in [2.45, 2.75) is 20.0 Å². The molecule has 9 heteroatoms. The van der Waals surface area contributed by atoms with Gasteiger partial charge in [-0.3, -0.25) is 19.7 Å². The quantitative estimate of drug-likeness (QED) is 0.456. The lowest BCUT2D eigenvalue weighted by Crippen LogP contribution is -2.30. The molecule has 2 amide bonds. The Hall–Kier alpha value is -3.75. The summed E-state index contributed by atoms with van der Waals surface area (Å²) in [5.41, 5.74) is 0.365. The van der Waals surface area contributed by atoms with Crippen molar-refractivity contribution >= 4 is 34.8 Å². The lowest BCUT2D eigenvalue weighted by molar-refractivity contribution is -0.385. The summed E-state index contributed by atoms with van der Waals surface area (Å²) in [6, 6.07) is 11.7. The molecule has 0 aliphatic rings. The molecule has 0 radical (unpaired) electrons. The number of nitro groups is 1. The predicted molar refractivity (Wildman–Crippen MR) is 97.3 cm³/mol. The van der Waals surface area contributed by atoms with E-state index in [1.54, 1.807) is 24.3 Å². The van der Waals surface area contributed by atoms with Crippen LogP contribution in [0.4, 0.5) is 17.1 Å². The molecule has 9 nitrogen and oxygen atoms in total. The fraction of sp³-hybridized carbons (Fsp3) is 0.167. The first-order valence-electron chi connectivity index (χ1n) is 7.91. The number of anilines is 2. The number of carbonyl (C=O) groups excluding carboxylic acids is 3. The van der Waals surface area contributed by atoms with Crippen LogP contribution in [0.2, 0.25) is 0 Å². The molecule has 0 fully saturated rings. The molecule has 0 heterocycles. The molecule has 0 aliphatic carbocycles. The zero-order valence-electron chi connectivity index (χ0n) is 14.6. The average molecular weight is 371 g/mol. The van der Waals surface area contributed by atoms with E-state index in [9.17, 15) is 24.5 Å². The summed E-state index contributed by atoms with van der Waals surface area (Å²) in [7, 11) is 0. The van der Waals surface area contributed by atoms with E-state index in [4.69, 9.17) is 4.74 Å². The zero-order chi connectivity index (χ0) is 20.0. The average Bonchev–Trinajstić information content (AvgIpc) is 2.62. The molecule has 0 aliphatic heterocycles. The van der Waals surface area contributed by atoms with Crippen molar-refractivity contribution in [3.63, 3.8) is 0 Å². The molecule has 0 aromatic heterocycles. The minimum atomic E-state index is -1.17. The van der Waals surface area contributed by atoms with Crippen molar-refractivity contribution in [3.05, 3.63) is 64.2 Å². The second-order valence-corrected chi connectivity index (χ2v) is 5.57. The summed E-state index contributed by atoms with van der Waals surface area (Å²) in [6.07, 6.45) is -1.17. The smallest absolute Gasteiger partial charge is 0.345 e. The molecule has 0 spiro atoms. The maximum Gasteiger partial charge on any atom is 0.345 e. The molecule has 140 valence electrons. The van der Waals surface area contributed by atoms with Gasteiger partial charge >= 0.3 is 5.97 Å². The number of nitrogens with zero attached hydrogens (tertiary/aromatic N) is 1. The van der Waals surface area contributed by atoms with Crippen molar-refractivity contribution in [3.8, 4) is 0 Å². The third-order valence-corrected chi connectivity index (χ3v) is 3.45. The number of para-hydroxylation sites is 1. The lowest BCUT2D eigenvalue weighted by atomic mass is 10.2. The van der Waals surface area contributed by atoms with E-state index in [1.165, 1.54) is 38.1 Å². The van der Waals surface area contributed by atoms with Gasteiger partial charge in [0.05, 0.1) is 4.92 Å². The van der Waals surface area contributed by atoms with E-state index in [0.29, 0.717) is 11.4 Å². The maximum absolute atomic E-state index is 12.2. The maximum atomic E-state index is 12.2. The van der Waals surface area contributed by atoms with Crippen LogP contribution in [0.3, 0.4) is 0 Å². The van der Waals surface area contributed by atoms with Gasteiger partial charge in [0.15, 0.2) is 6.10 Å². The van der Waals surface area contributed by atoms with Gasteiger partial charge in [0.2, 0.25) is 5.91 Å². The Kier molecular flexibility index (Phi) is 6.21. The first-order chi connectivity index (χ1) is 12.8. The molecular formula is C18H17N3O6. The Balaban J connectivity index is 2.00. The van der Waals surface area contributed by atoms with E-state index in [1.807, 2.05) is 0 Å². The number of nitro benzene ring substituents is 1. The van der Waals surface area contributed by atoms with Crippen molar-refractivity contribution in [1.82, 2.24) is 0 Å². The molecule has 2 rings (SSSR count). The summed E-state index contributed by atoms with van der Waals surface area (Å²) >= 11 is 0. The minimum absolute atomic E-state index is 0.220. The van der Waals surface area contributed by atoms with Gasteiger partial charge in [-0.1, -0.05) is 12.1 Å². The number of esters is 1. The highest BCUT2D eigenvalue weighted by atomic mass is 16.6. The number of hydrogen-bond donors (Lipinski definition) is 2. The molecule has 0 bridgehead atoms. The molecule has 1 atom stereocenters. The molecule has 2 N–H and O–H groups in total. The zero-order valence-corrected chi connectivity index (χ0v) is 14.6. The van der Waals surface area contributed by atoms with Gasteiger partial charge in [0.25, 0.3) is 11.6 Å². The third kappa shape index (κ3) is 5.36. The third-order valence-electron chi connectivity index (χ3n) is 3.45. The normalized spacial score (nSPS) is 11.2. The van der Waals surface area contributed by atoms with E-state index < -0.39 is 28.6 Å². The number of amides is 2. The van der Waals surface area contributed by atoms with Crippen LogP contribution in [0.15, 0.2) is 48.5 Å². The number of benzene rings is 2. The van der Waals surface area contributed by atoms with Crippen LogP contribution in [0.1, 0.15) is 24.2 Å². The first-order valence-corrected chi connectivity index (χ1v) is 7.91. The number of carbonyl (C=O) groups is 3. The summed E-state index contributed by atoms with van der Waals surface area (Å²) in [5.74, 6) is -1.79.